The number of carbonyl (C=O) groups is 1. The number of methoxy groups -OCH3 is 1. The van der Waals surface area contributed by atoms with Gasteiger partial charge in [-0.2, -0.15) is 5.26 Å². The molecule has 1 heterocycles. The number of nitrogens with one attached hydrogen (secondary N) is 1. The zero-order valence-electron chi connectivity index (χ0n) is 17.1. The van der Waals surface area contributed by atoms with Crippen molar-refractivity contribution in [1.82, 2.24) is 0 Å². The first-order chi connectivity index (χ1) is 14.1. The zero-order valence-corrected chi connectivity index (χ0v) is 17.1. The van der Waals surface area contributed by atoms with E-state index in [0.717, 1.165) is 25.2 Å². The van der Waals surface area contributed by atoms with Crippen LogP contribution in [0.4, 0.5) is 11.4 Å². The third-order valence-electron chi connectivity index (χ3n) is 5.22. The molecule has 0 radical (unpaired) electrons. The van der Waals surface area contributed by atoms with E-state index >= 15 is 0 Å². The molecular weight excluding hydrogens is 362 g/mol. The summed E-state index contributed by atoms with van der Waals surface area (Å²) in [6, 6.07) is 15.5. The normalized spacial score (nSPS) is 14.2. The minimum absolute atomic E-state index is 0.0357. The molecule has 2 aromatic carbocycles. The second-order valence-electron chi connectivity index (χ2n) is 7.15. The fourth-order valence-electron chi connectivity index (χ4n) is 3.49. The fraction of sp³-hybridized carbons (Fsp3) is 0.333. The topological polar surface area (TPSA) is 65.4 Å². The Hall–Kier alpha value is -3.26. The second kappa shape index (κ2) is 9.79. The van der Waals surface area contributed by atoms with E-state index in [1.54, 1.807) is 13.2 Å². The van der Waals surface area contributed by atoms with Crippen molar-refractivity contribution in [3.05, 3.63) is 59.2 Å². The maximum Gasteiger partial charge on any atom is 0.266 e. The minimum atomic E-state index is -0.432. The summed E-state index contributed by atoms with van der Waals surface area (Å²) in [5, 5.41) is 12.3. The van der Waals surface area contributed by atoms with Gasteiger partial charge in [0.2, 0.25) is 0 Å². The number of benzene rings is 2. The summed E-state index contributed by atoms with van der Waals surface area (Å²) in [7, 11) is 1.61. The first kappa shape index (κ1) is 20.5. The van der Waals surface area contributed by atoms with E-state index in [-0.39, 0.29) is 5.57 Å². The van der Waals surface area contributed by atoms with Gasteiger partial charge in [-0.05, 0) is 61.6 Å². The van der Waals surface area contributed by atoms with Crippen LogP contribution < -0.4 is 15.0 Å². The van der Waals surface area contributed by atoms with E-state index in [4.69, 9.17) is 4.74 Å². The molecule has 3 rings (SSSR count). The monoisotopic (exact) mass is 389 g/mol. The van der Waals surface area contributed by atoms with Crippen LogP contribution in [0.2, 0.25) is 0 Å². The third-order valence-corrected chi connectivity index (χ3v) is 5.22. The number of ether oxygens (including phenoxy) is 1. The van der Waals surface area contributed by atoms with Crippen molar-refractivity contribution in [3.63, 3.8) is 0 Å². The van der Waals surface area contributed by atoms with E-state index in [0.29, 0.717) is 17.0 Å². The van der Waals surface area contributed by atoms with Crippen molar-refractivity contribution in [3.8, 4) is 11.8 Å². The summed E-state index contributed by atoms with van der Waals surface area (Å²) < 4.78 is 5.53. The number of hydrogen-bond donors (Lipinski definition) is 1. The molecule has 1 saturated heterocycles. The molecule has 0 bridgehead atoms. The highest BCUT2D eigenvalue weighted by atomic mass is 16.5. The maximum absolute atomic E-state index is 12.6. The summed E-state index contributed by atoms with van der Waals surface area (Å²) in [6.07, 6.45) is 6.18. The molecule has 0 saturated carbocycles. The van der Waals surface area contributed by atoms with Crippen LogP contribution in [0.1, 0.15) is 37.3 Å². The molecule has 1 N–H and O–H groups in total. The molecule has 1 aliphatic heterocycles. The number of amides is 1. The number of carbonyl (C=O) groups excluding carboxylic acids is 1. The fourth-order valence-corrected chi connectivity index (χ4v) is 3.49. The average molecular weight is 389 g/mol. The van der Waals surface area contributed by atoms with E-state index in [1.165, 1.54) is 24.8 Å². The lowest BCUT2D eigenvalue weighted by molar-refractivity contribution is -0.112. The number of nitriles is 1. The van der Waals surface area contributed by atoms with E-state index < -0.39 is 5.91 Å². The van der Waals surface area contributed by atoms with Crippen LogP contribution >= 0.6 is 0 Å². The lowest BCUT2D eigenvalue weighted by Crippen LogP contribution is -2.29. The molecule has 29 heavy (non-hydrogen) atoms. The Bertz CT molecular complexity index is 920. The average Bonchev–Trinajstić information content (AvgIpc) is 2.78. The van der Waals surface area contributed by atoms with Gasteiger partial charge in [-0.15, -0.1) is 0 Å². The summed E-state index contributed by atoms with van der Waals surface area (Å²) in [5.41, 5.74) is 3.71. The number of nitrogens with zero attached hydrogens (tertiary/aromatic N) is 2. The quantitative estimate of drug-likeness (QED) is 0.570. The van der Waals surface area contributed by atoms with Crippen molar-refractivity contribution >= 4 is 23.4 Å². The highest BCUT2D eigenvalue weighted by Gasteiger charge is 2.15. The number of hydrogen-bond acceptors (Lipinski definition) is 4. The molecule has 1 aliphatic rings. The van der Waals surface area contributed by atoms with Crippen molar-refractivity contribution in [2.75, 3.05) is 30.4 Å². The van der Waals surface area contributed by atoms with Crippen molar-refractivity contribution in [2.45, 2.75) is 32.6 Å². The van der Waals surface area contributed by atoms with Crippen LogP contribution in [0.15, 0.2) is 48.0 Å². The second-order valence-corrected chi connectivity index (χ2v) is 7.15. The standard InChI is InChI=1S/C24H27N3O2/c1-3-18-7-10-21(11-8-18)26-24(28)20(17-25)15-19-9-12-22(16-23(19)29-2)27-13-5-4-6-14-27/h7-12,15-16H,3-6,13-14H2,1-2H3,(H,26,28)/b20-15-. The number of rotatable bonds is 6. The van der Waals surface area contributed by atoms with Gasteiger partial charge >= 0.3 is 0 Å². The molecular formula is C24H27N3O2. The van der Waals surface area contributed by atoms with Crippen LogP contribution in [-0.4, -0.2) is 26.1 Å². The van der Waals surface area contributed by atoms with Crippen molar-refractivity contribution in [1.29, 1.82) is 5.26 Å². The van der Waals surface area contributed by atoms with Gasteiger partial charge in [0, 0.05) is 36.1 Å². The molecule has 1 amide bonds. The van der Waals surface area contributed by atoms with E-state index in [1.807, 2.05) is 48.5 Å². The first-order valence-electron chi connectivity index (χ1n) is 10.1. The summed E-state index contributed by atoms with van der Waals surface area (Å²) >= 11 is 0. The smallest absolute Gasteiger partial charge is 0.266 e. The van der Waals surface area contributed by atoms with Crippen LogP contribution in [-0.2, 0) is 11.2 Å². The number of piperidine rings is 1. The highest BCUT2D eigenvalue weighted by Crippen LogP contribution is 2.29. The Labute approximate surface area is 172 Å². The van der Waals surface area contributed by atoms with Crippen molar-refractivity contribution < 1.29 is 9.53 Å². The van der Waals surface area contributed by atoms with Gasteiger partial charge in [0.15, 0.2) is 0 Å². The Morgan fingerprint density at radius 1 is 1.17 bits per heavy atom. The van der Waals surface area contributed by atoms with Crippen LogP contribution in [0.5, 0.6) is 5.75 Å². The van der Waals surface area contributed by atoms with Gasteiger partial charge < -0.3 is 15.0 Å². The first-order valence-corrected chi connectivity index (χ1v) is 10.1. The largest absolute Gasteiger partial charge is 0.496 e. The van der Waals surface area contributed by atoms with E-state index in [2.05, 4.69) is 17.1 Å². The maximum atomic E-state index is 12.6. The number of anilines is 2. The SMILES string of the molecule is CCc1ccc(NC(=O)/C(C#N)=C\c2ccc(N3CCCCC3)cc2OC)cc1. The summed E-state index contributed by atoms with van der Waals surface area (Å²) in [5.74, 6) is 0.222. The van der Waals surface area contributed by atoms with Gasteiger partial charge in [0.1, 0.15) is 17.4 Å². The van der Waals surface area contributed by atoms with Gasteiger partial charge in [0.25, 0.3) is 5.91 Å². The van der Waals surface area contributed by atoms with Crippen molar-refractivity contribution in [2.24, 2.45) is 0 Å². The van der Waals surface area contributed by atoms with Gasteiger partial charge in [0.05, 0.1) is 7.11 Å². The van der Waals surface area contributed by atoms with E-state index in [9.17, 15) is 10.1 Å². The Kier molecular flexibility index (Phi) is 6.91. The lowest BCUT2D eigenvalue weighted by atomic mass is 10.1. The Morgan fingerprint density at radius 2 is 1.90 bits per heavy atom. The molecule has 1 fully saturated rings. The molecule has 5 nitrogen and oxygen atoms in total. The van der Waals surface area contributed by atoms with Crippen LogP contribution in [0.3, 0.4) is 0 Å². The Morgan fingerprint density at radius 3 is 2.52 bits per heavy atom. The van der Waals surface area contributed by atoms with Gasteiger partial charge in [-0.3, -0.25) is 4.79 Å². The summed E-state index contributed by atoms with van der Waals surface area (Å²) in [4.78, 5) is 14.9. The highest BCUT2D eigenvalue weighted by molar-refractivity contribution is 6.09. The van der Waals surface area contributed by atoms with Crippen LogP contribution in [0.25, 0.3) is 6.08 Å². The molecule has 2 aromatic rings. The minimum Gasteiger partial charge on any atom is -0.496 e. The molecule has 0 aliphatic carbocycles. The predicted octanol–water partition coefficient (Wildman–Crippen LogP) is 4.79. The molecule has 0 atom stereocenters. The molecule has 0 spiro atoms. The third kappa shape index (κ3) is 5.17. The van der Waals surface area contributed by atoms with Crippen LogP contribution in [0, 0.1) is 11.3 Å². The molecule has 0 aromatic heterocycles. The van der Waals surface area contributed by atoms with Gasteiger partial charge in [-0.25, -0.2) is 0 Å². The summed E-state index contributed by atoms with van der Waals surface area (Å²) in [6.45, 7) is 4.16. The molecule has 150 valence electrons. The lowest BCUT2D eigenvalue weighted by Gasteiger charge is -2.29. The van der Waals surface area contributed by atoms with Gasteiger partial charge in [-0.1, -0.05) is 19.1 Å². The number of aryl methyl sites for hydroxylation is 1. The molecule has 0 unspecified atom stereocenters. The molecule has 5 heteroatoms. The Balaban J connectivity index is 1.79. The predicted molar refractivity (Wildman–Crippen MR) is 117 cm³/mol. The zero-order chi connectivity index (χ0) is 20.6.